The largest absolute Gasteiger partial charge is 0.143 e. The standard InChI is InChI=1S/C5H5N2S/c1-2-3-5-4-8-7-6-5/h1-2,4H,3H2. The maximum absolute atomic E-state index is 5.13. The number of aromatic nitrogens is 2. The van der Waals surface area contributed by atoms with E-state index < -0.39 is 0 Å². The van der Waals surface area contributed by atoms with Crippen LogP contribution >= 0.6 is 11.5 Å². The highest BCUT2D eigenvalue weighted by molar-refractivity contribution is 7.03. The Bertz CT molecular complexity index is 157. The molecule has 0 aliphatic heterocycles. The van der Waals surface area contributed by atoms with Crippen molar-refractivity contribution in [3.8, 4) is 0 Å². The topological polar surface area (TPSA) is 25.8 Å². The molecule has 0 aromatic carbocycles. The Balaban J connectivity index is 2.62. The van der Waals surface area contributed by atoms with Gasteiger partial charge in [0.1, 0.15) is 0 Å². The molecule has 0 amide bonds. The van der Waals surface area contributed by atoms with E-state index in [0.29, 0.717) is 0 Å². The number of rotatable bonds is 2. The van der Waals surface area contributed by atoms with Crippen LogP contribution in [0, 0.1) is 6.58 Å². The maximum atomic E-state index is 5.13. The van der Waals surface area contributed by atoms with E-state index in [4.69, 9.17) is 6.58 Å². The van der Waals surface area contributed by atoms with Gasteiger partial charge in [0.05, 0.1) is 5.69 Å². The SMILES string of the molecule is [CH]=CCc1csnn1. The molecule has 0 bridgehead atoms. The van der Waals surface area contributed by atoms with Crippen molar-refractivity contribution in [3.63, 3.8) is 0 Å². The van der Waals surface area contributed by atoms with Crippen molar-refractivity contribution in [2.75, 3.05) is 0 Å². The summed E-state index contributed by atoms with van der Waals surface area (Å²) in [6.45, 7) is 5.13. The van der Waals surface area contributed by atoms with Crippen molar-refractivity contribution in [2.45, 2.75) is 6.42 Å². The third-order valence-corrected chi connectivity index (χ3v) is 1.29. The minimum atomic E-state index is 0.719. The van der Waals surface area contributed by atoms with Crippen LogP contribution in [0.5, 0.6) is 0 Å². The minimum Gasteiger partial charge on any atom is -0.143 e. The van der Waals surface area contributed by atoms with E-state index in [-0.39, 0.29) is 0 Å². The minimum absolute atomic E-state index is 0.719. The van der Waals surface area contributed by atoms with E-state index >= 15 is 0 Å². The molecule has 0 spiro atoms. The fraction of sp³-hybridized carbons (Fsp3) is 0.200. The Labute approximate surface area is 52.0 Å². The van der Waals surface area contributed by atoms with Crippen LogP contribution in [0.3, 0.4) is 0 Å². The summed E-state index contributed by atoms with van der Waals surface area (Å²) in [5.74, 6) is 0. The molecule has 1 aromatic heterocycles. The van der Waals surface area contributed by atoms with Crippen LogP contribution in [0.2, 0.25) is 0 Å². The molecule has 3 heteroatoms. The molecule has 0 saturated heterocycles. The first kappa shape index (κ1) is 5.44. The van der Waals surface area contributed by atoms with Gasteiger partial charge in [-0.1, -0.05) is 17.1 Å². The summed E-state index contributed by atoms with van der Waals surface area (Å²) in [7, 11) is 0. The highest BCUT2D eigenvalue weighted by atomic mass is 32.1. The normalized spacial score (nSPS) is 9.00. The van der Waals surface area contributed by atoms with Gasteiger partial charge in [0.15, 0.2) is 0 Å². The van der Waals surface area contributed by atoms with Crippen LogP contribution in [0.25, 0.3) is 0 Å². The third-order valence-electron chi connectivity index (χ3n) is 0.732. The van der Waals surface area contributed by atoms with Crippen molar-refractivity contribution in [2.24, 2.45) is 0 Å². The predicted octanol–water partition coefficient (Wildman–Crippen LogP) is 1.07. The molecule has 0 atom stereocenters. The van der Waals surface area contributed by atoms with E-state index in [9.17, 15) is 0 Å². The summed E-state index contributed by atoms with van der Waals surface area (Å²) in [6, 6.07) is 0. The van der Waals surface area contributed by atoms with Crippen LogP contribution in [0.1, 0.15) is 5.69 Å². The van der Waals surface area contributed by atoms with Crippen LogP contribution < -0.4 is 0 Å². The first-order valence-corrected chi connectivity index (χ1v) is 3.06. The van der Waals surface area contributed by atoms with Crippen molar-refractivity contribution >= 4 is 11.5 Å². The van der Waals surface area contributed by atoms with Gasteiger partial charge in [-0.15, -0.1) is 5.10 Å². The summed E-state index contributed by atoms with van der Waals surface area (Å²) < 4.78 is 3.66. The quantitative estimate of drug-likeness (QED) is 0.591. The Hall–Kier alpha value is -0.700. The first-order chi connectivity index (χ1) is 3.93. The summed E-state index contributed by atoms with van der Waals surface area (Å²) in [4.78, 5) is 0. The second-order valence-electron chi connectivity index (χ2n) is 1.34. The Kier molecular flexibility index (Phi) is 1.75. The van der Waals surface area contributed by atoms with Gasteiger partial charge in [0.25, 0.3) is 0 Å². The summed E-state index contributed by atoms with van der Waals surface area (Å²) >= 11 is 1.34. The molecule has 0 fully saturated rings. The summed E-state index contributed by atoms with van der Waals surface area (Å²) in [5, 5.41) is 5.64. The Morgan fingerprint density at radius 1 is 1.88 bits per heavy atom. The van der Waals surface area contributed by atoms with Gasteiger partial charge in [-0.2, -0.15) is 0 Å². The van der Waals surface area contributed by atoms with Crippen LogP contribution in [-0.2, 0) is 6.42 Å². The number of hydrogen-bond donors (Lipinski definition) is 0. The second kappa shape index (κ2) is 2.57. The Morgan fingerprint density at radius 2 is 2.75 bits per heavy atom. The van der Waals surface area contributed by atoms with Gasteiger partial charge in [-0.25, -0.2) is 0 Å². The van der Waals surface area contributed by atoms with Gasteiger partial charge in [0.2, 0.25) is 0 Å². The molecule has 8 heavy (non-hydrogen) atoms. The van der Waals surface area contributed by atoms with E-state index in [1.54, 1.807) is 6.08 Å². The zero-order chi connectivity index (χ0) is 5.82. The van der Waals surface area contributed by atoms with E-state index in [1.807, 2.05) is 5.38 Å². The van der Waals surface area contributed by atoms with Gasteiger partial charge >= 0.3 is 0 Å². The second-order valence-corrected chi connectivity index (χ2v) is 1.95. The van der Waals surface area contributed by atoms with Gasteiger partial charge in [-0.3, -0.25) is 0 Å². The molecule has 0 aliphatic rings. The highest BCUT2D eigenvalue weighted by Crippen LogP contribution is 1.96. The fourth-order valence-corrected chi connectivity index (χ4v) is 0.858. The molecule has 2 nitrogen and oxygen atoms in total. The molecular weight excluding hydrogens is 120 g/mol. The molecular formula is C5H5N2S. The van der Waals surface area contributed by atoms with E-state index in [1.165, 1.54) is 11.5 Å². The van der Waals surface area contributed by atoms with Crippen molar-refractivity contribution < 1.29 is 0 Å². The number of nitrogens with zero attached hydrogens (tertiary/aromatic N) is 2. The van der Waals surface area contributed by atoms with Crippen molar-refractivity contribution in [1.29, 1.82) is 0 Å². The average molecular weight is 125 g/mol. The number of hydrogen-bond acceptors (Lipinski definition) is 3. The predicted molar refractivity (Wildman–Crippen MR) is 32.5 cm³/mol. The molecule has 0 aliphatic carbocycles. The lowest BCUT2D eigenvalue weighted by Crippen LogP contribution is -1.77. The van der Waals surface area contributed by atoms with Crippen molar-refractivity contribution in [1.82, 2.24) is 9.59 Å². The lowest BCUT2D eigenvalue weighted by molar-refractivity contribution is 1.04. The molecule has 1 heterocycles. The maximum Gasteiger partial charge on any atom is 0.0793 e. The lowest BCUT2D eigenvalue weighted by atomic mass is 10.3. The number of allylic oxidation sites excluding steroid dienone is 1. The zero-order valence-corrected chi connectivity index (χ0v) is 5.06. The monoisotopic (exact) mass is 125 g/mol. The van der Waals surface area contributed by atoms with E-state index in [0.717, 1.165) is 12.1 Å². The fourth-order valence-electron chi connectivity index (χ4n) is 0.394. The smallest absolute Gasteiger partial charge is 0.0793 e. The van der Waals surface area contributed by atoms with Crippen molar-refractivity contribution in [3.05, 3.63) is 23.7 Å². The molecule has 41 valence electrons. The van der Waals surface area contributed by atoms with Crippen LogP contribution in [0.4, 0.5) is 0 Å². The molecule has 0 saturated carbocycles. The van der Waals surface area contributed by atoms with Gasteiger partial charge in [0, 0.05) is 11.8 Å². The molecule has 0 N–H and O–H groups in total. The zero-order valence-electron chi connectivity index (χ0n) is 4.24. The summed E-state index contributed by atoms with van der Waals surface area (Å²) in [6.07, 6.45) is 2.28. The van der Waals surface area contributed by atoms with E-state index in [2.05, 4.69) is 9.59 Å². The van der Waals surface area contributed by atoms with Crippen LogP contribution in [-0.4, -0.2) is 9.59 Å². The lowest BCUT2D eigenvalue weighted by Gasteiger charge is -1.77. The Morgan fingerprint density at radius 3 is 3.25 bits per heavy atom. The van der Waals surface area contributed by atoms with Crippen LogP contribution in [0.15, 0.2) is 11.5 Å². The molecule has 0 unspecified atom stereocenters. The average Bonchev–Trinajstić information content (AvgIpc) is 2.19. The van der Waals surface area contributed by atoms with Gasteiger partial charge < -0.3 is 0 Å². The third kappa shape index (κ3) is 1.13. The highest BCUT2D eigenvalue weighted by Gasteiger charge is 1.88. The van der Waals surface area contributed by atoms with Gasteiger partial charge in [-0.05, 0) is 11.5 Å². The molecule has 1 rings (SSSR count). The summed E-state index contributed by atoms with van der Waals surface area (Å²) in [5.41, 5.74) is 0.942. The first-order valence-electron chi connectivity index (χ1n) is 2.23. The molecule has 1 radical (unpaired) electrons. The molecule has 1 aromatic rings.